The van der Waals surface area contributed by atoms with E-state index in [1.54, 1.807) is 0 Å². The summed E-state index contributed by atoms with van der Waals surface area (Å²) in [7, 11) is 0. The molecule has 1 unspecified atom stereocenters. The maximum absolute atomic E-state index is 10.7. The fourth-order valence-electron chi connectivity index (χ4n) is 1.39. The van der Waals surface area contributed by atoms with Crippen LogP contribution in [-0.2, 0) is 23.9 Å². The van der Waals surface area contributed by atoms with E-state index in [4.69, 9.17) is 24.8 Å². The van der Waals surface area contributed by atoms with Crippen molar-refractivity contribution < 1.29 is 39.2 Å². The monoisotopic (exact) mass is 322 g/mol. The summed E-state index contributed by atoms with van der Waals surface area (Å²) < 4.78 is 10.3. The number of hydrogen-bond acceptors (Lipinski definition) is 7. The molecule has 0 heterocycles. The lowest BCUT2D eigenvalue weighted by Crippen LogP contribution is -2.40. The van der Waals surface area contributed by atoms with Crippen molar-refractivity contribution in [1.29, 1.82) is 0 Å². The molecule has 0 fully saturated rings. The number of aliphatic carboxylic acids is 3. The lowest BCUT2D eigenvalue weighted by Gasteiger charge is -2.12. The van der Waals surface area contributed by atoms with Crippen LogP contribution in [0, 0.1) is 0 Å². The van der Waals surface area contributed by atoms with Crippen molar-refractivity contribution in [3.05, 3.63) is 0 Å². The molecule has 0 saturated carbocycles. The summed E-state index contributed by atoms with van der Waals surface area (Å²) in [5.41, 5.74) is 0. The highest BCUT2D eigenvalue weighted by Gasteiger charge is 2.19. The van der Waals surface area contributed by atoms with Gasteiger partial charge in [-0.05, 0) is 0 Å². The first kappa shape index (κ1) is 20.2. The van der Waals surface area contributed by atoms with Gasteiger partial charge in [0.25, 0.3) is 0 Å². The van der Waals surface area contributed by atoms with Gasteiger partial charge >= 0.3 is 17.9 Å². The van der Waals surface area contributed by atoms with Crippen molar-refractivity contribution in [3.8, 4) is 0 Å². The van der Waals surface area contributed by atoms with Gasteiger partial charge in [-0.2, -0.15) is 0 Å². The molecule has 0 radical (unpaired) electrons. The first-order valence-electron chi connectivity index (χ1n) is 6.69. The highest BCUT2D eigenvalue weighted by Crippen LogP contribution is 1.92. The molecule has 0 bridgehead atoms. The Hall–Kier alpha value is -1.75. The number of carboxylic acids is 3. The maximum atomic E-state index is 10.7. The summed E-state index contributed by atoms with van der Waals surface area (Å²) in [6, 6.07) is -1.14. The van der Waals surface area contributed by atoms with Crippen LogP contribution in [0.3, 0.4) is 0 Å². The van der Waals surface area contributed by atoms with Crippen molar-refractivity contribution in [1.82, 2.24) is 10.6 Å². The third kappa shape index (κ3) is 13.2. The molecule has 0 aromatic heterocycles. The van der Waals surface area contributed by atoms with Crippen molar-refractivity contribution >= 4 is 17.9 Å². The quantitative estimate of drug-likeness (QED) is 0.218. The van der Waals surface area contributed by atoms with Crippen LogP contribution in [0.5, 0.6) is 0 Å². The Morgan fingerprint density at radius 1 is 0.864 bits per heavy atom. The highest BCUT2D eigenvalue weighted by molar-refractivity contribution is 5.80. The molecule has 0 rings (SSSR count). The maximum Gasteiger partial charge on any atom is 0.321 e. The van der Waals surface area contributed by atoms with Gasteiger partial charge in [-0.15, -0.1) is 0 Å². The van der Waals surface area contributed by atoms with Crippen molar-refractivity contribution in [2.24, 2.45) is 0 Å². The smallest absolute Gasteiger partial charge is 0.321 e. The molecule has 10 nitrogen and oxygen atoms in total. The third-order valence-electron chi connectivity index (χ3n) is 2.39. The molecule has 128 valence electrons. The normalized spacial score (nSPS) is 12.0. The van der Waals surface area contributed by atoms with Crippen molar-refractivity contribution in [2.75, 3.05) is 46.1 Å². The number of hydrogen-bond donors (Lipinski definition) is 5. The Kier molecular flexibility index (Phi) is 11.9. The minimum absolute atomic E-state index is 0.118. The Labute approximate surface area is 127 Å². The van der Waals surface area contributed by atoms with E-state index in [0.717, 1.165) is 0 Å². The number of nitrogens with one attached hydrogen (secondary N) is 2. The first-order valence-corrected chi connectivity index (χ1v) is 6.69. The molecule has 0 spiro atoms. The molecule has 0 aromatic carbocycles. The van der Waals surface area contributed by atoms with Gasteiger partial charge in [0, 0.05) is 13.1 Å². The zero-order chi connectivity index (χ0) is 16.8. The summed E-state index contributed by atoms with van der Waals surface area (Å²) in [4.78, 5) is 31.4. The van der Waals surface area contributed by atoms with Crippen LogP contribution in [0.2, 0.25) is 0 Å². The molecular weight excluding hydrogens is 300 g/mol. The van der Waals surface area contributed by atoms with Crippen molar-refractivity contribution in [3.63, 3.8) is 0 Å². The van der Waals surface area contributed by atoms with Gasteiger partial charge in [-0.3, -0.25) is 14.4 Å². The van der Waals surface area contributed by atoms with Gasteiger partial charge in [0.05, 0.1) is 39.4 Å². The van der Waals surface area contributed by atoms with E-state index in [9.17, 15) is 14.4 Å². The van der Waals surface area contributed by atoms with E-state index in [1.807, 2.05) is 0 Å². The summed E-state index contributed by atoms with van der Waals surface area (Å²) in [6.45, 7) is 1.72. The molecule has 0 amide bonds. The molecule has 5 N–H and O–H groups in total. The van der Waals surface area contributed by atoms with E-state index in [-0.39, 0.29) is 19.7 Å². The summed E-state index contributed by atoms with van der Waals surface area (Å²) >= 11 is 0. The topological polar surface area (TPSA) is 154 Å². The van der Waals surface area contributed by atoms with Gasteiger partial charge in [0.15, 0.2) is 0 Å². The first-order chi connectivity index (χ1) is 10.4. The molecular formula is C12H22N2O8. The lowest BCUT2D eigenvalue weighted by molar-refractivity contribution is -0.146. The van der Waals surface area contributed by atoms with E-state index < -0.39 is 30.4 Å². The van der Waals surface area contributed by atoms with Crippen LogP contribution in [0.25, 0.3) is 0 Å². The summed E-state index contributed by atoms with van der Waals surface area (Å²) in [5, 5.41) is 30.9. The van der Waals surface area contributed by atoms with Crippen molar-refractivity contribution in [2.45, 2.75) is 12.5 Å². The Balaban J connectivity index is 3.40. The van der Waals surface area contributed by atoms with Gasteiger partial charge in [0.2, 0.25) is 0 Å². The fourth-order valence-corrected chi connectivity index (χ4v) is 1.39. The van der Waals surface area contributed by atoms with E-state index in [2.05, 4.69) is 10.6 Å². The second-order valence-corrected chi connectivity index (χ2v) is 4.24. The van der Waals surface area contributed by atoms with E-state index in [1.165, 1.54) is 0 Å². The molecule has 0 aliphatic rings. The fraction of sp³-hybridized carbons (Fsp3) is 0.750. The molecule has 22 heavy (non-hydrogen) atoms. The van der Waals surface area contributed by atoms with Gasteiger partial charge < -0.3 is 35.4 Å². The Morgan fingerprint density at radius 3 is 1.95 bits per heavy atom. The lowest BCUT2D eigenvalue weighted by atomic mass is 10.2. The number of ether oxygens (including phenoxy) is 2. The van der Waals surface area contributed by atoms with Crippen LogP contribution in [-0.4, -0.2) is 85.3 Å². The van der Waals surface area contributed by atoms with Crippen LogP contribution >= 0.6 is 0 Å². The van der Waals surface area contributed by atoms with E-state index >= 15 is 0 Å². The summed E-state index contributed by atoms with van der Waals surface area (Å²) in [6.07, 6.45) is -0.498. The molecule has 1 atom stereocenters. The highest BCUT2D eigenvalue weighted by atomic mass is 16.5. The average Bonchev–Trinajstić information content (AvgIpc) is 2.42. The average molecular weight is 322 g/mol. The van der Waals surface area contributed by atoms with E-state index in [0.29, 0.717) is 26.4 Å². The SMILES string of the molecule is O=C(O)CNCCOCCOCCNC(CC(=O)O)C(=O)O. The zero-order valence-corrected chi connectivity index (χ0v) is 12.1. The Bertz CT molecular complexity index is 350. The predicted molar refractivity (Wildman–Crippen MR) is 73.8 cm³/mol. The van der Waals surface area contributed by atoms with Gasteiger partial charge in [-0.1, -0.05) is 0 Å². The van der Waals surface area contributed by atoms with Crippen LogP contribution < -0.4 is 10.6 Å². The third-order valence-corrected chi connectivity index (χ3v) is 2.39. The molecule has 10 heteroatoms. The summed E-state index contributed by atoms with van der Waals surface area (Å²) in [5.74, 6) is -3.34. The predicted octanol–water partition coefficient (Wildman–Crippen LogP) is -1.79. The molecule has 0 saturated heterocycles. The van der Waals surface area contributed by atoms with Crippen LogP contribution in [0.4, 0.5) is 0 Å². The largest absolute Gasteiger partial charge is 0.481 e. The number of carbonyl (C=O) groups is 3. The second-order valence-electron chi connectivity index (χ2n) is 4.24. The van der Waals surface area contributed by atoms with Crippen LogP contribution in [0.15, 0.2) is 0 Å². The van der Waals surface area contributed by atoms with Gasteiger partial charge in [-0.25, -0.2) is 0 Å². The standard InChI is InChI=1S/C12H22N2O8/c15-10(16)7-9(12(19)20)14-2-4-22-6-5-21-3-1-13-8-11(17)18/h9,13-14H,1-8H2,(H,15,16)(H,17,18)(H,19,20). The number of rotatable bonds is 15. The minimum atomic E-state index is -1.22. The van der Waals surface area contributed by atoms with Gasteiger partial charge in [0.1, 0.15) is 6.04 Å². The van der Waals surface area contributed by atoms with Crippen LogP contribution in [0.1, 0.15) is 6.42 Å². The molecule has 0 aliphatic carbocycles. The molecule has 0 aromatic rings. The zero-order valence-electron chi connectivity index (χ0n) is 12.1. The molecule has 0 aliphatic heterocycles. The minimum Gasteiger partial charge on any atom is -0.481 e. The number of carboxylic acid groups (broad SMARTS) is 3. The Morgan fingerprint density at radius 2 is 1.45 bits per heavy atom. The second kappa shape index (κ2) is 13.0.